The van der Waals surface area contributed by atoms with E-state index >= 15 is 4.39 Å². The van der Waals surface area contributed by atoms with Gasteiger partial charge in [0.2, 0.25) is 11.8 Å². The molecule has 5 rings (SSSR count). The number of alkyl halides is 1. The first-order valence-corrected chi connectivity index (χ1v) is 12.4. The fourth-order valence-corrected chi connectivity index (χ4v) is 5.78. The van der Waals surface area contributed by atoms with E-state index in [1.54, 1.807) is 12.1 Å². The normalized spacial score (nSPS) is 32.0. The summed E-state index contributed by atoms with van der Waals surface area (Å²) in [6, 6.07) is 2.84. The van der Waals surface area contributed by atoms with E-state index in [-0.39, 0.29) is 55.0 Å². The lowest BCUT2D eigenvalue weighted by Crippen LogP contribution is -2.52. The number of nitrogens with one attached hydrogen (secondary N) is 2. The smallest absolute Gasteiger partial charge is 0.255 e. The van der Waals surface area contributed by atoms with Crippen LogP contribution in [0.15, 0.2) is 12.1 Å². The van der Waals surface area contributed by atoms with Crippen LogP contribution < -0.4 is 10.6 Å². The van der Waals surface area contributed by atoms with E-state index in [4.69, 9.17) is 4.74 Å². The number of imide groups is 1. The number of ether oxygens (including phenoxy) is 1. The topological polar surface area (TPSA) is 87.7 Å². The monoisotopic (exact) mass is 475 g/mol. The van der Waals surface area contributed by atoms with Crippen molar-refractivity contribution in [1.82, 2.24) is 15.5 Å². The Morgan fingerprint density at radius 1 is 1.09 bits per heavy atom. The molecule has 34 heavy (non-hydrogen) atoms. The Morgan fingerprint density at radius 2 is 1.88 bits per heavy atom. The van der Waals surface area contributed by atoms with Gasteiger partial charge in [0, 0.05) is 42.7 Å². The lowest BCUT2D eigenvalue weighted by molar-refractivity contribution is -0.136. The highest BCUT2D eigenvalue weighted by Gasteiger charge is 2.41. The van der Waals surface area contributed by atoms with Gasteiger partial charge in [-0.05, 0) is 56.6 Å². The van der Waals surface area contributed by atoms with Crippen molar-refractivity contribution in [3.63, 3.8) is 0 Å². The van der Waals surface area contributed by atoms with Crippen molar-refractivity contribution >= 4 is 17.7 Å². The maximum absolute atomic E-state index is 15.6. The number of hydrogen-bond donors (Lipinski definition) is 2. The summed E-state index contributed by atoms with van der Waals surface area (Å²) in [6.07, 6.45) is 4.47. The van der Waals surface area contributed by atoms with Crippen LogP contribution >= 0.6 is 0 Å². The van der Waals surface area contributed by atoms with Gasteiger partial charge in [-0.3, -0.25) is 19.7 Å². The molecule has 0 aromatic heterocycles. The van der Waals surface area contributed by atoms with Crippen LogP contribution in [0.5, 0.6) is 0 Å². The predicted octanol–water partition coefficient (Wildman–Crippen LogP) is 2.55. The average Bonchev–Trinajstić information content (AvgIpc) is 3.15. The first kappa shape index (κ1) is 23.4. The number of benzene rings is 1. The molecule has 3 atom stereocenters. The summed E-state index contributed by atoms with van der Waals surface area (Å²) in [6.45, 7) is 0.633. The second-order valence-electron chi connectivity index (χ2n) is 9.94. The van der Waals surface area contributed by atoms with E-state index in [9.17, 15) is 18.8 Å². The second-order valence-corrected chi connectivity index (χ2v) is 9.94. The fourth-order valence-electron chi connectivity index (χ4n) is 5.78. The minimum absolute atomic E-state index is 0.0137. The number of carbonyl (C=O) groups excluding carboxylic acids is 3. The number of carbonyl (C=O) groups is 3. The molecular weight excluding hydrogens is 444 g/mol. The van der Waals surface area contributed by atoms with Gasteiger partial charge in [-0.25, -0.2) is 8.78 Å². The van der Waals surface area contributed by atoms with Gasteiger partial charge >= 0.3 is 0 Å². The van der Waals surface area contributed by atoms with Crippen LogP contribution in [0, 0.1) is 5.82 Å². The van der Waals surface area contributed by atoms with Crippen molar-refractivity contribution in [3.05, 3.63) is 34.6 Å². The summed E-state index contributed by atoms with van der Waals surface area (Å²) in [5.74, 6) is -1.67. The highest BCUT2D eigenvalue weighted by Crippen LogP contribution is 2.32. The minimum Gasteiger partial charge on any atom is -0.376 e. The highest BCUT2D eigenvalue weighted by atomic mass is 19.1. The Morgan fingerprint density at radius 3 is 2.65 bits per heavy atom. The van der Waals surface area contributed by atoms with Crippen molar-refractivity contribution in [2.75, 3.05) is 6.61 Å². The van der Waals surface area contributed by atoms with Gasteiger partial charge in [-0.1, -0.05) is 6.07 Å². The minimum atomic E-state index is -0.768. The Bertz CT molecular complexity index is 979. The molecule has 1 aliphatic carbocycles. The van der Waals surface area contributed by atoms with E-state index in [1.165, 1.54) is 4.90 Å². The number of piperidine rings is 1. The molecule has 0 radical (unpaired) electrons. The molecule has 0 spiro atoms. The molecular formula is C25H31F2N3O4. The van der Waals surface area contributed by atoms with Gasteiger partial charge in [0.15, 0.2) is 0 Å². The van der Waals surface area contributed by atoms with Gasteiger partial charge < -0.3 is 15.0 Å². The second kappa shape index (κ2) is 9.70. The molecule has 9 heteroatoms. The Kier molecular flexibility index (Phi) is 6.66. The first-order chi connectivity index (χ1) is 16.4. The van der Waals surface area contributed by atoms with Crippen LogP contribution in [0.2, 0.25) is 0 Å². The third-order valence-electron chi connectivity index (χ3n) is 7.70. The molecule has 3 fully saturated rings. The van der Waals surface area contributed by atoms with E-state index < -0.39 is 23.9 Å². The zero-order valence-electron chi connectivity index (χ0n) is 19.2. The molecule has 3 aliphatic heterocycles. The number of halogens is 2. The molecule has 3 amide bonds. The number of amides is 3. The van der Waals surface area contributed by atoms with Crippen molar-refractivity contribution < 1.29 is 27.9 Å². The predicted molar refractivity (Wildman–Crippen MR) is 119 cm³/mol. The van der Waals surface area contributed by atoms with Crippen molar-refractivity contribution in [1.29, 1.82) is 0 Å². The third-order valence-corrected chi connectivity index (χ3v) is 7.70. The average molecular weight is 476 g/mol. The van der Waals surface area contributed by atoms with E-state index in [0.29, 0.717) is 37.0 Å². The van der Waals surface area contributed by atoms with Gasteiger partial charge in [0.25, 0.3) is 5.91 Å². The van der Waals surface area contributed by atoms with Crippen LogP contribution in [0.25, 0.3) is 0 Å². The van der Waals surface area contributed by atoms with Crippen LogP contribution in [0.1, 0.15) is 72.9 Å². The number of nitrogens with zero attached hydrogens (tertiary/aromatic N) is 1. The largest absolute Gasteiger partial charge is 0.376 e. The van der Waals surface area contributed by atoms with Crippen molar-refractivity contribution in [2.45, 2.75) is 94.7 Å². The molecule has 2 N–H and O–H groups in total. The number of fused-ring (bicyclic) bond motifs is 1. The zero-order chi connectivity index (χ0) is 23.8. The molecule has 1 saturated carbocycles. The van der Waals surface area contributed by atoms with E-state index in [0.717, 1.165) is 25.7 Å². The van der Waals surface area contributed by atoms with Gasteiger partial charge in [0.05, 0.1) is 12.6 Å². The molecule has 2 saturated heterocycles. The lowest BCUT2D eigenvalue weighted by atomic mass is 9.90. The van der Waals surface area contributed by atoms with Crippen molar-refractivity contribution in [2.24, 2.45) is 0 Å². The highest BCUT2D eigenvalue weighted by molar-refractivity contribution is 6.05. The lowest BCUT2D eigenvalue weighted by Gasteiger charge is -2.37. The Hall–Kier alpha value is -2.39. The van der Waals surface area contributed by atoms with Crippen LogP contribution in [-0.4, -0.2) is 59.6 Å². The molecule has 0 unspecified atom stereocenters. The molecule has 184 valence electrons. The van der Waals surface area contributed by atoms with Crippen LogP contribution in [0.3, 0.4) is 0 Å². The summed E-state index contributed by atoms with van der Waals surface area (Å²) >= 11 is 0. The number of hydrogen-bond acceptors (Lipinski definition) is 5. The fraction of sp³-hybridized carbons (Fsp3) is 0.640. The Balaban J connectivity index is 1.29. The molecule has 7 nitrogen and oxygen atoms in total. The van der Waals surface area contributed by atoms with Gasteiger partial charge in [0.1, 0.15) is 18.0 Å². The maximum Gasteiger partial charge on any atom is 0.255 e. The quantitative estimate of drug-likeness (QED) is 0.640. The first-order valence-electron chi connectivity index (χ1n) is 12.4. The molecule has 4 aliphatic rings. The standard InChI is InChI=1S/C25H31F2N3O4/c26-15-4-6-16(7-5-15)28-19-2-1-11-34-21(19)12-14-3-8-17-18(23(14)27)13-30(25(17)33)20-9-10-22(31)29-24(20)32/h3,8,15-16,19-21,28H,1-2,4-7,9-13H2,(H,29,31,32)/t15-,16-,19-,20+,21+/m0/s1. The third kappa shape index (κ3) is 4.60. The van der Waals surface area contributed by atoms with Crippen LogP contribution in [0.4, 0.5) is 8.78 Å². The van der Waals surface area contributed by atoms with Gasteiger partial charge in [-0.15, -0.1) is 0 Å². The van der Waals surface area contributed by atoms with Crippen molar-refractivity contribution in [3.8, 4) is 0 Å². The number of rotatable bonds is 5. The van der Waals surface area contributed by atoms with Crippen LogP contribution in [-0.2, 0) is 27.3 Å². The van der Waals surface area contributed by atoms with E-state index in [1.807, 2.05) is 0 Å². The molecule has 1 aromatic carbocycles. The SMILES string of the molecule is O=C1CC[C@@H](N2Cc3c(ccc(C[C@H]4OCCC[C@@H]4N[C@H]4CC[C@H](F)CC4)c3F)C2=O)C(=O)N1. The Labute approximate surface area is 197 Å². The summed E-state index contributed by atoms with van der Waals surface area (Å²) < 4.78 is 35.1. The van der Waals surface area contributed by atoms with Gasteiger partial charge in [-0.2, -0.15) is 0 Å². The maximum atomic E-state index is 15.6. The molecule has 3 heterocycles. The summed E-state index contributed by atoms with van der Waals surface area (Å²) in [7, 11) is 0. The molecule has 0 bridgehead atoms. The van der Waals surface area contributed by atoms with E-state index in [2.05, 4.69) is 10.6 Å². The molecule has 1 aromatic rings. The summed E-state index contributed by atoms with van der Waals surface area (Å²) in [5.41, 5.74) is 1.06. The summed E-state index contributed by atoms with van der Waals surface area (Å²) in [5, 5.41) is 5.90. The zero-order valence-corrected chi connectivity index (χ0v) is 19.2. The summed E-state index contributed by atoms with van der Waals surface area (Å²) in [4.78, 5) is 38.0.